The minimum Gasteiger partial charge on any atom is -0.293 e. The van der Waals surface area contributed by atoms with Crippen molar-refractivity contribution in [1.29, 1.82) is 0 Å². The van der Waals surface area contributed by atoms with E-state index in [9.17, 15) is 4.79 Å². The van der Waals surface area contributed by atoms with Crippen LogP contribution < -0.4 is 0 Å². The van der Waals surface area contributed by atoms with Crippen molar-refractivity contribution in [3.05, 3.63) is 29.5 Å². The number of Topliss-reactive ketones (excluding diaryl/α,β-unsaturated/α-hetero) is 1. The van der Waals surface area contributed by atoms with Crippen molar-refractivity contribution < 1.29 is 4.79 Å². The maximum absolute atomic E-state index is 11.0. The van der Waals surface area contributed by atoms with E-state index in [0.29, 0.717) is 5.69 Å². The van der Waals surface area contributed by atoms with E-state index in [1.165, 1.54) is 30.0 Å². The molecule has 2 aromatic rings. The van der Waals surface area contributed by atoms with E-state index in [1.54, 1.807) is 17.8 Å². The highest BCUT2D eigenvalue weighted by atomic mass is 32.2. The van der Waals surface area contributed by atoms with Crippen LogP contribution in [0.2, 0.25) is 0 Å². The Bertz CT molecular complexity index is 453. The quantitative estimate of drug-likeness (QED) is 0.766. The first-order valence-corrected chi connectivity index (χ1v) is 5.86. The second-order valence-electron chi connectivity index (χ2n) is 2.74. The Morgan fingerprint density at radius 2 is 2.33 bits per heavy atom. The van der Waals surface area contributed by atoms with E-state index in [-0.39, 0.29) is 5.78 Å². The molecule has 0 atom stereocenters. The number of rotatable bonds is 3. The van der Waals surface area contributed by atoms with E-state index in [0.717, 1.165) is 9.24 Å². The monoisotopic (exact) mass is 237 g/mol. The van der Waals surface area contributed by atoms with Crippen molar-refractivity contribution >= 4 is 28.9 Å². The molecule has 0 aliphatic heterocycles. The molecule has 4 nitrogen and oxygen atoms in total. The maximum atomic E-state index is 11.0. The van der Waals surface area contributed by atoms with E-state index in [4.69, 9.17) is 0 Å². The van der Waals surface area contributed by atoms with Gasteiger partial charge in [0.2, 0.25) is 0 Å². The van der Waals surface area contributed by atoms with E-state index in [2.05, 4.69) is 15.2 Å². The van der Waals surface area contributed by atoms with Gasteiger partial charge in [-0.15, -0.1) is 10.2 Å². The fourth-order valence-electron chi connectivity index (χ4n) is 0.957. The molecule has 0 unspecified atom stereocenters. The fraction of sp³-hybridized carbons (Fsp3) is 0.111. The molecule has 76 valence electrons. The van der Waals surface area contributed by atoms with Crippen molar-refractivity contribution in [1.82, 2.24) is 15.2 Å². The van der Waals surface area contributed by atoms with Gasteiger partial charge in [0.15, 0.2) is 10.1 Å². The second-order valence-corrected chi connectivity index (χ2v) is 4.90. The number of carbonyl (C=O) groups excluding carboxylic acids is 1. The number of carbonyl (C=O) groups is 1. The summed E-state index contributed by atoms with van der Waals surface area (Å²) in [6, 6.07) is 3.57. The van der Waals surface area contributed by atoms with Crippen molar-refractivity contribution in [2.24, 2.45) is 0 Å². The molecule has 0 amide bonds. The van der Waals surface area contributed by atoms with Crippen LogP contribution in [0.25, 0.3) is 0 Å². The van der Waals surface area contributed by atoms with Crippen molar-refractivity contribution in [2.45, 2.75) is 16.2 Å². The number of pyridine rings is 1. The van der Waals surface area contributed by atoms with Crippen LogP contribution in [-0.2, 0) is 0 Å². The van der Waals surface area contributed by atoms with Gasteiger partial charge in [0, 0.05) is 18.0 Å². The summed E-state index contributed by atoms with van der Waals surface area (Å²) in [4.78, 5) is 16.0. The normalized spacial score (nSPS) is 10.2. The number of hydrogen-bond donors (Lipinski definition) is 0. The summed E-state index contributed by atoms with van der Waals surface area (Å²) in [7, 11) is 0. The fourth-order valence-corrected chi connectivity index (χ4v) is 2.38. The Labute approximate surface area is 94.8 Å². The average molecular weight is 237 g/mol. The summed E-state index contributed by atoms with van der Waals surface area (Å²) in [6.45, 7) is 1.50. The molecule has 6 heteroatoms. The van der Waals surface area contributed by atoms with E-state index < -0.39 is 0 Å². The maximum Gasteiger partial charge on any atom is 0.178 e. The largest absolute Gasteiger partial charge is 0.293 e. The lowest BCUT2D eigenvalue weighted by Gasteiger charge is -1.97. The molecule has 0 N–H and O–H groups in total. The lowest BCUT2D eigenvalue weighted by molar-refractivity contribution is 0.101. The van der Waals surface area contributed by atoms with Crippen LogP contribution in [0, 0.1) is 0 Å². The third-order valence-electron chi connectivity index (χ3n) is 1.64. The van der Waals surface area contributed by atoms with Crippen molar-refractivity contribution in [3.8, 4) is 0 Å². The number of ketones is 1. The van der Waals surface area contributed by atoms with Gasteiger partial charge in [-0.25, -0.2) is 0 Å². The minimum absolute atomic E-state index is 0.0255. The summed E-state index contributed by atoms with van der Waals surface area (Å²) < 4.78 is 0.868. The summed E-state index contributed by atoms with van der Waals surface area (Å²) in [5.41, 5.74) is 2.16. The van der Waals surface area contributed by atoms with Gasteiger partial charge in [-0.05, 0) is 12.1 Å². The molecule has 0 radical (unpaired) electrons. The van der Waals surface area contributed by atoms with Crippen LogP contribution in [-0.4, -0.2) is 21.0 Å². The Hall–Kier alpha value is -1.27. The highest BCUT2D eigenvalue weighted by molar-refractivity contribution is 8.01. The van der Waals surface area contributed by atoms with Crippen LogP contribution in [0.5, 0.6) is 0 Å². The second kappa shape index (κ2) is 4.50. The lowest BCUT2D eigenvalue weighted by atomic mass is 10.3. The lowest BCUT2D eigenvalue weighted by Crippen LogP contribution is -1.95. The molecule has 2 heterocycles. The van der Waals surface area contributed by atoms with Crippen LogP contribution in [0.1, 0.15) is 17.4 Å². The molecule has 0 saturated heterocycles. The molecule has 0 aliphatic carbocycles. The van der Waals surface area contributed by atoms with Gasteiger partial charge >= 0.3 is 0 Å². The molecule has 0 fully saturated rings. The number of hydrogen-bond acceptors (Lipinski definition) is 6. The summed E-state index contributed by atoms with van der Waals surface area (Å²) >= 11 is 2.96. The predicted molar refractivity (Wildman–Crippen MR) is 58.3 cm³/mol. The average Bonchev–Trinajstić information content (AvgIpc) is 2.71. The van der Waals surface area contributed by atoms with Crippen LogP contribution in [0.3, 0.4) is 0 Å². The van der Waals surface area contributed by atoms with Crippen LogP contribution >= 0.6 is 23.1 Å². The van der Waals surface area contributed by atoms with E-state index in [1.807, 2.05) is 6.07 Å². The minimum atomic E-state index is -0.0255. The first-order valence-electron chi connectivity index (χ1n) is 4.17. The molecular weight excluding hydrogens is 230 g/mol. The first kappa shape index (κ1) is 10.3. The Balaban J connectivity index is 2.14. The zero-order valence-electron chi connectivity index (χ0n) is 7.88. The highest BCUT2D eigenvalue weighted by Gasteiger charge is 2.03. The summed E-state index contributed by atoms with van der Waals surface area (Å²) in [5, 5.41) is 7.64. The van der Waals surface area contributed by atoms with Crippen LogP contribution in [0.15, 0.2) is 33.1 Å². The molecule has 2 aromatic heterocycles. The summed E-state index contributed by atoms with van der Waals surface area (Å²) in [6.07, 6.45) is 1.67. The van der Waals surface area contributed by atoms with Crippen molar-refractivity contribution in [3.63, 3.8) is 0 Å². The standard InChI is InChI=1S/C9H7N3OS2/c1-6(13)8-3-2-7(4-10-8)15-9-12-11-5-14-9/h2-5H,1H3. The zero-order valence-corrected chi connectivity index (χ0v) is 9.51. The topological polar surface area (TPSA) is 55.7 Å². The SMILES string of the molecule is CC(=O)c1ccc(Sc2nncs2)cn1. The van der Waals surface area contributed by atoms with E-state index >= 15 is 0 Å². The number of nitrogens with zero attached hydrogens (tertiary/aromatic N) is 3. The molecule has 0 aliphatic rings. The highest BCUT2D eigenvalue weighted by Crippen LogP contribution is 2.27. The van der Waals surface area contributed by atoms with Gasteiger partial charge in [0.05, 0.1) is 0 Å². The molecule has 0 bridgehead atoms. The third kappa shape index (κ3) is 2.60. The first-order chi connectivity index (χ1) is 7.25. The predicted octanol–water partition coefficient (Wildman–Crippen LogP) is 2.29. The summed E-state index contributed by atoms with van der Waals surface area (Å²) in [5.74, 6) is -0.0255. The zero-order chi connectivity index (χ0) is 10.7. The molecule has 0 aromatic carbocycles. The van der Waals surface area contributed by atoms with Crippen molar-refractivity contribution in [2.75, 3.05) is 0 Å². The molecule has 0 saturated carbocycles. The smallest absolute Gasteiger partial charge is 0.178 e. The molecule has 0 spiro atoms. The third-order valence-corrected chi connectivity index (χ3v) is 3.40. The Kier molecular flexibility index (Phi) is 3.08. The van der Waals surface area contributed by atoms with Gasteiger partial charge < -0.3 is 0 Å². The van der Waals surface area contributed by atoms with Gasteiger partial charge in [0.25, 0.3) is 0 Å². The molecule has 2 rings (SSSR count). The van der Waals surface area contributed by atoms with Gasteiger partial charge in [-0.1, -0.05) is 23.1 Å². The van der Waals surface area contributed by atoms with Gasteiger partial charge in [0.1, 0.15) is 11.2 Å². The van der Waals surface area contributed by atoms with Gasteiger partial charge in [-0.2, -0.15) is 0 Å². The van der Waals surface area contributed by atoms with Crippen LogP contribution in [0.4, 0.5) is 0 Å². The Morgan fingerprint density at radius 1 is 1.47 bits per heavy atom. The molecular formula is C9H7N3OS2. The Morgan fingerprint density at radius 3 is 2.87 bits per heavy atom. The number of aromatic nitrogens is 3. The molecule has 15 heavy (non-hydrogen) atoms. The van der Waals surface area contributed by atoms with Gasteiger partial charge in [-0.3, -0.25) is 9.78 Å².